The maximum absolute atomic E-state index is 13.3. The summed E-state index contributed by atoms with van der Waals surface area (Å²) in [5, 5.41) is 10.7. The Balaban J connectivity index is 2.12. The van der Waals surface area contributed by atoms with Crippen molar-refractivity contribution in [2.24, 2.45) is 11.8 Å². The minimum absolute atomic E-state index is 0.0746. The zero-order valence-corrected chi connectivity index (χ0v) is 18.2. The Kier molecular flexibility index (Phi) is 9.14. The highest BCUT2D eigenvalue weighted by Gasteiger charge is 2.28. The minimum Gasteiger partial charge on any atom is -0.386 e. The Morgan fingerprint density at radius 3 is 2.07 bits per heavy atom. The van der Waals surface area contributed by atoms with Gasteiger partial charge in [-0.15, -0.1) is 0 Å². The van der Waals surface area contributed by atoms with Crippen molar-refractivity contribution in [1.82, 2.24) is 4.90 Å². The SMILES string of the molecule is CC(C)C/C=C/C[C@@H](Cc1ccccc1)C(=O)N(C)[C@@H](C)[C@@H](O)c1ccccc1. The number of carbonyl (C=O) groups is 1. The van der Waals surface area contributed by atoms with Gasteiger partial charge < -0.3 is 10.0 Å². The van der Waals surface area contributed by atoms with Gasteiger partial charge in [-0.1, -0.05) is 86.7 Å². The van der Waals surface area contributed by atoms with E-state index in [1.54, 1.807) is 11.9 Å². The number of carbonyl (C=O) groups excluding carboxylic acids is 1. The Morgan fingerprint density at radius 1 is 0.931 bits per heavy atom. The molecule has 0 bridgehead atoms. The van der Waals surface area contributed by atoms with Crippen molar-refractivity contribution in [2.75, 3.05) is 7.05 Å². The highest BCUT2D eigenvalue weighted by atomic mass is 16.3. The van der Waals surface area contributed by atoms with Crippen LogP contribution in [0.15, 0.2) is 72.8 Å². The third kappa shape index (κ3) is 7.17. The normalized spacial score (nSPS) is 14.7. The maximum Gasteiger partial charge on any atom is 0.226 e. The Bertz CT molecular complexity index is 755. The van der Waals surface area contributed by atoms with Gasteiger partial charge in [0.1, 0.15) is 0 Å². The molecule has 1 N–H and O–H groups in total. The van der Waals surface area contributed by atoms with E-state index in [4.69, 9.17) is 0 Å². The number of aliphatic hydroxyl groups excluding tert-OH is 1. The molecule has 0 aromatic heterocycles. The molecule has 3 heteroatoms. The van der Waals surface area contributed by atoms with E-state index in [9.17, 15) is 9.90 Å². The fourth-order valence-corrected chi connectivity index (χ4v) is 3.43. The molecule has 2 aromatic carbocycles. The molecule has 0 fully saturated rings. The van der Waals surface area contributed by atoms with Crippen LogP contribution in [0.3, 0.4) is 0 Å². The van der Waals surface area contributed by atoms with Crippen LogP contribution in [-0.2, 0) is 11.2 Å². The van der Waals surface area contributed by atoms with Crippen molar-refractivity contribution in [3.8, 4) is 0 Å². The molecular formula is C26H35NO2. The summed E-state index contributed by atoms with van der Waals surface area (Å²) in [6.45, 7) is 6.29. The van der Waals surface area contributed by atoms with Crippen LogP contribution in [0.4, 0.5) is 0 Å². The molecule has 3 atom stereocenters. The lowest BCUT2D eigenvalue weighted by Crippen LogP contribution is -2.42. The van der Waals surface area contributed by atoms with Gasteiger partial charge >= 0.3 is 0 Å². The lowest BCUT2D eigenvalue weighted by Gasteiger charge is -2.32. The predicted molar refractivity (Wildman–Crippen MR) is 120 cm³/mol. The van der Waals surface area contributed by atoms with Gasteiger partial charge in [-0.3, -0.25) is 4.79 Å². The van der Waals surface area contributed by atoms with Gasteiger partial charge in [0.05, 0.1) is 12.1 Å². The monoisotopic (exact) mass is 393 g/mol. The summed E-state index contributed by atoms with van der Waals surface area (Å²) in [5.74, 6) is 0.542. The summed E-state index contributed by atoms with van der Waals surface area (Å²) in [5.41, 5.74) is 1.99. The molecule has 0 heterocycles. The fourth-order valence-electron chi connectivity index (χ4n) is 3.43. The molecule has 3 nitrogen and oxygen atoms in total. The summed E-state index contributed by atoms with van der Waals surface area (Å²) < 4.78 is 0. The molecule has 2 rings (SSSR count). The molecule has 0 saturated heterocycles. The second-order valence-corrected chi connectivity index (χ2v) is 8.27. The van der Waals surface area contributed by atoms with Crippen molar-refractivity contribution in [3.05, 3.63) is 83.9 Å². The lowest BCUT2D eigenvalue weighted by molar-refractivity contribution is -0.138. The van der Waals surface area contributed by atoms with E-state index in [1.165, 1.54) is 0 Å². The number of likely N-dealkylation sites (N-methyl/N-ethyl adjacent to an activating group) is 1. The Labute approximate surface area is 176 Å². The Hall–Kier alpha value is -2.39. The Morgan fingerprint density at radius 2 is 1.48 bits per heavy atom. The van der Waals surface area contributed by atoms with Gasteiger partial charge in [0.25, 0.3) is 0 Å². The number of hydrogen-bond donors (Lipinski definition) is 1. The first kappa shape index (κ1) is 22.9. The molecule has 0 aliphatic rings. The van der Waals surface area contributed by atoms with Crippen molar-refractivity contribution in [1.29, 1.82) is 0 Å². The number of nitrogens with zero attached hydrogens (tertiary/aromatic N) is 1. The molecule has 0 saturated carbocycles. The van der Waals surface area contributed by atoms with Crippen molar-refractivity contribution >= 4 is 5.91 Å². The zero-order chi connectivity index (χ0) is 21.2. The van der Waals surface area contributed by atoms with Crippen LogP contribution in [-0.4, -0.2) is 29.0 Å². The van der Waals surface area contributed by atoms with Crippen LogP contribution < -0.4 is 0 Å². The molecule has 0 unspecified atom stereocenters. The van der Waals surface area contributed by atoms with E-state index >= 15 is 0 Å². The summed E-state index contributed by atoms with van der Waals surface area (Å²) in [7, 11) is 1.80. The number of amides is 1. The molecule has 0 aliphatic heterocycles. The summed E-state index contributed by atoms with van der Waals surface area (Å²) in [6.07, 6.45) is 6.03. The van der Waals surface area contributed by atoms with Gasteiger partial charge in [0.15, 0.2) is 0 Å². The van der Waals surface area contributed by atoms with Crippen LogP contribution in [0.25, 0.3) is 0 Å². The van der Waals surface area contributed by atoms with E-state index in [-0.39, 0.29) is 17.9 Å². The number of rotatable bonds is 10. The average Bonchev–Trinajstić information content (AvgIpc) is 2.75. The summed E-state index contributed by atoms with van der Waals surface area (Å²) >= 11 is 0. The number of allylic oxidation sites excluding steroid dienone is 2. The lowest BCUT2D eigenvalue weighted by atomic mass is 9.93. The zero-order valence-electron chi connectivity index (χ0n) is 18.2. The first-order chi connectivity index (χ1) is 13.9. The molecular weight excluding hydrogens is 358 g/mol. The average molecular weight is 394 g/mol. The standard InChI is InChI=1S/C26H35NO2/c1-20(2)13-11-12-18-24(19-22-14-7-5-8-15-22)26(29)27(4)21(3)25(28)23-16-9-6-10-17-23/h5-12,14-17,20-21,24-25,28H,13,18-19H2,1-4H3/b12-11+/t21-,24-,25+/m0/s1. The third-order valence-corrected chi connectivity index (χ3v) is 5.43. The summed E-state index contributed by atoms with van der Waals surface area (Å²) in [6, 6.07) is 19.4. The van der Waals surface area contributed by atoms with E-state index in [0.29, 0.717) is 18.8 Å². The maximum atomic E-state index is 13.3. The molecule has 156 valence electrons. The highest BCUT2D eigenvalue weighted by molar-refractivity contribution is 5.79. The largest absolute Gasteiger partial charge is 0.386 e. The van der Waals surface area contributed by atoms with Crippen LogP contribution in [0, 0.1) is 11.8 Å². The van der Waals surface area contributed by atoms with Gasteiger partial charge in [-0.05, 0) is 43.2 Å². The van der Waals surface area contributed by atoms with Crippen LogP contribution in [0.5, 0.6) is 0 Å². The van der Waals surface area contributed by atoms with Gasteiger partial charge in [0.2, 0.25) is 5.91 Å². The van der Waals surface area contributed by atoms with Crippen molar-refractivity contribution in [2.45, 2.75) is 52.2 Å². The predicted octanol–water partition coefficient (Wildman–Crippen LogP) is 5.42. The van der Waals surface area contributed by atoms with E-state index in [0.717, 1.165) is 17.5 Å². The molecule has 0 aliphatic carbocycles. The number of hydrogen-bond acceptors (Lipinski definition) is 2. The van der Waals surface area contributed by atoms with Crippen LogP contribution in [0.2, 0.25) is 0 Å². The molecule has 0 radical (unpaired) electrons. The van der Waals surface area contributed by atoms with Crippen LogP contribution >= 0.6 is 0 Å². The first-order valence-corrected chi connectivity index (χ1v) is 10.6. The molecule has 0 spiro atoms. The second-order valence-electron chi connectivity index (χ2n) is 8.27. The van der Waals surface area contributed by atoms with E-state index in [2.05, 4.69) is 38.1 Å². The quantitative estimate of drug-likeness (QED) is 0.548. The summed E-state index contributed by atoms with van der Waals surface area (Å²) in [4.78, 5) is 15.0. The number of benzene rings is 2. The minimum atomic E-state index is -0.709. The molecule has 2 aromatic rings. The van der Waals surface area contributed by atoms with E-state index < -0.39 is 6.10 Å². The topological polar surface area (TPSA) is 40.5 Å². The van der Waals surface area contributed by atoms with Crippen molar-refractivity contribution < 1.29 is 9.90 Å². The van der Waals surface area contributed by atoms with Gasteiger partial charge in [0, 0.05) is 13.0 Å². The van der Waals surface area contributed by atoms with Gasteiger partial charge in [-0.25, -0.2) is 0 Å². The number of aliphatic hydroxyl groups is 1. The highest BCUT2D eigenvalue weighted by Crippen LogP contribution is 2.23. The van der Waals surface area contributed by atoms with E-state index in [1.807, 2.05) is 55.5 Å². The molecule has 29 heavy (non-hydrogen) atoms. The molecule has 1 amide bonds. The third-order valence-electron chi connectivity index (χ3n) is 5.43. The smallest absolute Gasteiger partial charge is 0.226 e. The first-order valence-electron chi connectivity index (χ1n) is 10.6. The van der Waals surface area contributed by atoms with Gasteiger partial charge in [-0.2, -0.15) is 0 Å². The second kappa shape index (κ2) is 11.6. The van der Waals surface area contributed by atoms with Crippen molar-refractivity contribution in [3.63, 3.8) is 0 Å². The van der Waals surface area contributed by atoms with Crippen LogP contribution in [0.1, 0.15) is 50.8 Å². The fraction of sp³-hybridized carbons (Fsp3) is 0.423.